The molecule has 0 bridgehead atoms. The molecule has 1 aliphatic rings. The molecule has 0 aliphatic carbocycles. The van der Waals surface area contributed by atoms with E-state index in [0.717, 1.165) is 31.0 Å². The van der Waals surface area contributed by atoms with Crippen LogP contribution in [0.2, 0.25) is 0 Å². The van der Waals surface area contributed by atoms with Gasteiger partial charge in [0.1, 0.15) is 5.82 Å². The summed E-state index contributed by atoms with van der Waals surface area (Å²) in [6.07, 6.45) is 1.69. The van der Waals surface area contributed by atoms with Gasteiger partial charge in [0, 0.05) is 17.3 Å². The first-order valence-corrected chi connectivity index (χ1v) is 8.76. The highest BCUT2D eigenvalue weighted by atomic mass is 35.7. The fourth-order valence-electron chi connectivity index (χ4n) is 2.21. The summed E-state index contributed by atoms with van der Waals surface area (Å²) in [6, 6.07) is 2.67. The summed E-state index contributed by atoms with van der Waals surface area (Å²) < 4.78 is 41.5. The Kier molecular flexibility index (Phi) is 4.85. The standard InChI is InChI=1S/C13H15ClFNO4S/c1-8(12-3-2-6-20-12)16-13(17)10-5-4-9(7-11(10)15)21(14,18)19/h4-5,7-8,12H,2-3,6H2,1H3,(H,16,17). The Morgan fingerprint density at radius 1 is 1.52 bits per heavy atom. The first-order chi connectivity index (χ1) is 9.79. The maximum absolute atomic E-state index is 13.8. The van der Waals surface area contributed by atoms with Crippen LogP contribution in [0.25, 0.3) is 0 Å². The molecule has 2 rings (SSSR count). The van der Waals surface area contributed by atoms with Gasteiger partial charge < -0.3 is 10.1 Å². The van der Waals surface area contributed by atoms with E-state index in [0.29, 0.717) is 6.61 Å². The maximum atomic E-state index is 13.8. The van der Waals surface area contributed by atoms with Crippen molar-refractivity contribution in [2.24, 2.45) is 0 Å². The number of benzene rings is 1. The summed E-state index contributed by atoms with van der Waals surface area (Å²) in [5, 5.41) is 2.65. The summed E-state index contributed by atoms with van der Waals surface area (Å²) in [5.74, 6) is -1.55. The van der Waals surface area contributed by atoms with Crippen LogP contribution in [-0.4, -0.2) is 33.1 Å². The summed E-state index contributed by atoms with van der Waals surface area (Å²) in [7, 11) is 1.10. The summed E-state index contributed by atoms with van der Waals surface area (Å²) in [5.41, 5.74) is -0.232. The maximum Gasteiger partial charge on any atom is 0.261 e. The lowest BCUT2D eigenvalue weighted by atomic mass is 10.1. The van der Waals surface area contributed by atoms with Crippen molar-refractivity contribution >= 4 is 25.6 Å². The van der Waals surface area contributed by atoms with Crippen LogP contribution in [0.5, 0.6) is 0 Å². The van der Waals surface area contributed by atoms with E-state index in [1.165, 1.54) is 0 Å². The largest absolute Gasteiger partial charge is 0.376 e. The molecule has 1 aromatic rings. The Balaban J connectivity index is 2.12. The average Bonchev–Trinajstić information content (AvgIpc) is 2.91. The van der Waals surface area contributed by atoms with Gasteiger partial charge in [-0.3, -0.25) is 4.79 Å². The van der Waals surface area contributed by atoms with Gasteiger partial charge in [0.2, 0.25) is 0 Å². The van der Waals surface area contributed by atoms with Crippen LogP contribution in [-0.2, 0) is 13.8 Å². The fraction of sp³-hybridized carbons (Fsp3) is 0.462. The highest BCUT2D eigenvalue weighted by Gasteiger charge is 2.25. The molecule has 0 spiro atoms. The number of carbonyl (C=O) groups excluding carboxylic acids is 1. The van der Waals surface area contributed by atoms with Gasteiger partial charge in [0.25, 0.3) is 15.0 Å². The molecule has 5 nitrogen and oxygen atoms in total. The predicted octanol–water partition coefficient (Wildman–Crippen LogP) is 2.05. The van der Waals surface area contributed by atoms with E-state index in [1.807, 2.05) is 0 Å². The second kappa shape index (κ2) is 6.29. The van der Waals surface area contributed by atoms with Gasteiger partial charge in [0.15, 0.2) is 0 Å². The Morgan fingerprint density at radius 2 is 2.24 bits per heavy atom. The number of amides is 1. The smallest absolute Gasteiger partial charge is 0.261 e. The lowest BCUT2D eigenvalue weighted by Gasteiger charge is -2.20. The highest BCUT2D eigenvalue weighted by molar-refractivity contribution is 8.13. The SMILES string of the molecule is CC(NC(=O)c1ccc(S(=O)(=O)Cl)cc1F)C1CCCO1. The van der Waals surface area contributed by atoms with Crippen LogP contribution in [0.15, 0.2) is 23.1 Å². The summed E-state index contributed by atoms with van der Waals surface area (Å²) in [6.45, 7) is 2.44. The van der Waals surface area contributed by atoms with Crippen molar-refractivity contribution in [3.8, 4) is 0 Å². The van der Waals surface area contributed by atoms with Crippen LogP contribution in [0, 0.1) is 5.82 Å². The monoisotopic (exact) mass is 335 g/mol. The molecule has 2 unspecified atom stereocenters. The van der Waals surface area contributed by atoms with Crippen molar-refractivity contribution in [3.05, 3.63) is 29.6 Å². The summed E-state index contributed by atoms with van der Waals surface area (Å²) in [4.78, 5) is 11.6. The lowest BCUT2D eigenvalue weighted by molar-refractivity contribution is 0.0710. The number of ether oxygens (including phenoxy) is 1. The highest BCUT2D eigenvalue weighted by Crippen LogP contribution is 2.19. The molecule has 0 radical (unpaired) electrons. The van der Waals surface area contributed by atoms with Gasteiger partial charge in [0.05, 0.1) is 22.6 Å². The van der Waals surface area contributed by atoms with Crippen molar-refractivity contribution in [3.63, 3.8) is 0 Å². The molecule has 1 aromatic carbocycles. The number of hydrogen-bond acceptors (Lipinski definition) is 4. The number of carbonyl (C=O) groups is 1. The van der Waals surface area contributed by atoms with E-state index in [9.17, 15) is 17.6 Å². The van der Waals surface area contributed by atoms with Crippen LogP contribution in [0.3, 0.4) is 0 Å². The molecular formula is C13H15ClFNO4S. The van der Waals surface area contributed by atoms with Crippen molar-refractivity contribution in [1.82, 2.24) is 5.32 Å². The first-order valence-electron chi connectivity index (χ1n) is 6.45. The molecule has 116 valence electrons. The predicted molar refractivity (Wildman–Crippen MR) is 75.3 cm³/mol. The Labute approximate surface area is 126 Å². The van der Waals surface area contributed by atoms with Crippen LogP contribution in [0.1, 0.15) is 30.1 Å². The minimum Gasteiger partial charge on any atom is -0.376 e. The molecule has 1 amide bonds. The van der Waals surface area contributed by atoms with Gasteiger partial charge in [-0.15, -0.1) is 0 Å². The Bertz CT molecular complexity index is 644. The third kappa shape index (κ3) is 3.93. The molecule has 1 aliphatic heterocycles. The molecule has 21 heavy (non-hydrogen) atoms. The van der Waals surface area contributed by atoms with Gasteiger partial charge in [-0.2, -0.15) is 0 Å². The van der Waals surface area contributed by atoms with Gasteiger partial charge >= 0.3 is 0 Å². The van der Waals surface area contributed by atoms with Crippen molar-refractivity contribution in [2.75, 3.05) is 6.61 Å². The minimum atomic E-state index is -4.02. The van der Waals surface area contributed by atoms with Crippen molar-refractivity contribution in [2.45, 2.75) is 36.8 Å². The molecule has 1 fully saturated rings. The molecule has 1 N–H and O–H groups in total. The lowest BCUT2D eigenvalue weighted by Crippen LogP contribution is -2.41. The number of halogens is 2. The molecule has 8 heteroatoms. The average molecular weight is 336 g/mol. The van der Waals surface area contributed by atoms with E-state index >= 15 is 0 Å². The molecule has 0 saturated carbocycles. The third-order valence-corrected chi connectivity index (χ3v) is 4.70. The molecule has 1 heterocycles. The molecule has 0 aromatic heterocycles. The molecule has 2 atom stereocenters. The Morgan fingerprint density at radius 3 is 2.76 bits per heavy atom. The topological polar surface area (TPSA) is 72.5 Å². The number of rotatable bonds is 4. The van der Waals surface area contributed by atoms with Gasteiger partial charge in [-0.05, 0) is 38.0 Å². The molecular weight excluding hydrogens is 321 g/mol. The van der Waals surface area contributed by atoms with Crippen molar-refractivity contribution < 1.29 is 22.3 Å². The quantitative estimate of drug-likeness (QED) is 0.855. The van der Waals surface area contributed by atoms with Crippen LogP contribution in [0.4, 0.5) is 4.39 Å². The number of nitrogens with one attached hydrogen (secondary N) is 1. The van der Waals surface area contributed by atoms with Gasteiger partial charge in [-0.1, -0.05) is 0 Å². The van der Waals surface area contributed by atoms with Crippen LogP contribution >= 0.6 is 10.7 Å². The van der Waals surface area contributed by atoms with E-state index in [4.69, 9.17) is 15.4 Å². The fourth-order valence-corrected chi connectivity index (χ4v) is 2.97. The van der Waals surface area contributed by atoms with Crippen LogP contribution < -0.4 is 5.32 Å². The minimum absolute atomic E-state index is 0.0838. The zero-order valence-corrected chi connectivity index (χ0v) is 12.9. The second-order valence-corrected chi connectivity index (χ2v) is 7.46. The summed E-state index contributed by atoms with van der Waals surface area (Å²) >= 11 is 0. The van der Waals surface area contributed by atoms with E-state index in [-0.39, 0.29) is 22.6 Å². The van der Waals surface area contributed by atoms with Gasteiger partial charge in [-0.25, -0.2) is 12.8 Å². The second-order valence-electron chi connectivity index (χ2n) is 4.89. The first kappa shape index (κ1) is 16.2. The van der Waals surface area contributed by atoms with E-state index in [2.05, 4.69) is 5.32 Å². The number of hydrogen-bond donors (Lipinski definition) is 1. The van der Waals surface area contributed by atoms with E-state index in [1.54, 1.807) is 6.92 Å². The van der Waals surface area contributed by atoms with E-state index < -0.39 is 20.8 Å². The Hall–Kier alpha value is -1.18. The normalized spacial score (nSPS) is 20.2. The zero-order chi connectivity index (χ0) is 15.6. The van der Waals surface area contributed by atoms with Crippen molar-refractivity contribution in [1.29, 1.82) is 0 Å². The molecule has 1 saturated heterocycles. The zero-order valence-electron chi connectivity index (χ0n) is 11.3. The third-order valence-electron chi connectivity index (χ3n) is 3.35.